The number of nitrogens with one attached hydrogen (secondary N) is 1. The number of hydrogen-bond acceptors (Lipinski definition) is 5. The van der Waals surface area contributed by atoms with Crippen molar-refractivity contribution in [3.8, 4) is 17.2 Å². The molecule has 2 atom stereocenters. The van der Waals surface area contributed by atoms with Gasteiger partial charge in [-0.2, -0.15) is 9.57 Å². The average Bonchev–Trinajstić information content (AvgIpc) is 3.24. The highest BCUT2D eigenvalue weighted by Gasteiger charge is 2.37. The molecule has 0 unspecified atom stereocenters. The maximum Gasteiger partial charge on any atom is 0.326 e. The Balaban J connectivity index is 1.73. The van der Waals surface area contributed by atoms with Crippen molar-refractivity contribution in [2.24, 2.45) is 0 Å². The molecular weight excluding hydrogens is 418 g/mol. The average molecular weight is 442 g/mol. The Morgan fingerprint density at radius 3 is 2.52 bits per heavy atom. The molecule has 0 saturated carbocycles. The second-order valence-corrected chi connectivity index (χ2v) is 9.42. The summed E-state index contributed by atoms with van der Waals surface area (Å²) in [6.07, 6.45) is 2.00. The lowest BCUT2D eigenvalue weighted by Crippen LogP contribution is -2.51. The lowest BCUT2D eigenvalue weighted by Gasteiger charge is -2.23. The van der Waals surface area contributed by atoms with Crippen molar-refractivity contribution in [2.45, 2.75) is 31.3 Å². The molecule has 31 heavy (non-hydrogen) atoms. The van der Waals surface area contributed by atoms with Crippen LogP contribution in [0.2, 0.25) is 0 Å². The first kappa shape index (κ1) is 22.5. The minimum absolute atomic E-state index is 0.0485. The van der Waals surface area contributed by atoms with Crippen LogP contribution in [0.15, 0.2) is 48.5 Å². The predicted octanol–water partition coefficient (Wildman–Crippen LogP) is 1.76. The molecule has 1 heterocycles. The minimum Gasteiger partial charge on any atom is -0.480 e. The van der Waals surface area contributed by atoms with Gasteiger partial charge in [-0.05, 0) is 35.6 Å². The van der Waals surface area contributed by atoms with E-state index in [0.717, 1.165) is 21.7 Å². The highest BCUT2D eigenvalue weighted by atomic mass is 32.2. The molecule has 3 rings (SSSR count). The highest BCUT2D eigenvalue weighted by Crippen LogP contribution is 2.24. The number of hydrogen-bond donors (Lipinski definition) is 2. The molecule has 9 heteroatoms. The number of carbonyl (C=O) groups excluding carboxylic acids is 1. The number of carboxylic acids is 1. The second-order valence-electron chi connectivity index (χ2n) is 7.49. The van der Waals surface area contributed by atoms with E-state index in [1.54, 1.807) is 36.4 Å². The fourth-order valence-corrected chi connectivity index (χ4v) is 4.88. The zero-order chi connectivity index (χ0) is 22.6. The molecule has 2 aromatic carbocycles. The number of nitrogens with zero attached hydrogens (tertiary/aromatic N) is 2. The Morgan fingerprint density at radius 1 is 1.23 bits per heavy atom. The van der Waals surface area contributed by atoms with Crippen LogP contribution in [0.5, 0.6) is 0 Å². The number of carboxylic acid groups (broad SMARTS) is 1. The van der Waals surface area contributed by atoms with Gasteiger partial charge in [0.15, 0.2) is 0 Å². The normalized spacial score (nSPS) is 17.6. The maximum atomic E-state index is 12.6. The van der Waals surface area contributed by atoms with Gasteiger partial charge in [0.25, 0.3) is 0 Å². The molecule has 1 amide bonds. The van der Waals surface area contributed by atoms with Crippen LogP contribution in [0.25, 0.3) is 11.1 Å². The molecule has 0 aliphatic carbocycles. The second kappa shape index (κ2) is 9.29. The van der Waals surface area contributed by atoms with Gasteiger partial charge in [0.2, 0.25) is 15.9 Å². The Labute approximate surface area is 181 Å². The van der Waals surface area contributed by atoms with Crippen LogP contribution in [-0.2, 0) is 26.0 Å². The number of benzene rings is 2. The highest BCUT2D eigenvalue weighted by molar-refractivity contribution is 7.88. The molecule has 0 spiro atoms. The van der Waals surface area contributed by atoms with Crippen molar-refractivity contribution >= 4 is 21.9 Å². The smallest absolute Gasteiger partial charge is 0.326 e. The van der Waals surface area contributed by atoms with E-state index in [4.69, 9.17) is 0 Å². The summed E-state index contributed by atoms with van der Waals surface area (Å²) < 4.78 is 24.8. The maximum absolute atomic E-state index is 12.6. The number of sulfonamides is 1. The number of amides is 1. The molecule has 2 N–H and O–H groups in total. The van der Waals surface area contributed by atoms with E-state index in [2.05, 4.69) is 11.4 Å². The topological polar surface area (TPSA) is 128 Å². The molecule has 0 radical (unpaired) electrons. The van der Waals surface area contributed by atoms with Gasteiger partial charge in [0, 0.05) is 13.0 Å². The van der Waals surface area contributed by atoms with Crippen molar-refractivity contribution in [3.63, 3.8) is 0 Å². The van der Waals surface area contributed by atoms with Gasteiger partial charge in [-0.3, -0.25) is 4.79 Å². The van der Waals surface area contributed by atoms with Gasteiger partial charge >= 0.3 is 5.97 Å². The first-order valence-corrected chi connectivity index (χ1v) is 11.6. The van der Waals surface area contributed by atoms with E-state index in [0.29, 0.717) is 24.0 Å². The van der Waals surface area contributed by atoms with Gasteiger partial charge in [-0.15, -0.1) is 0 Å². The summed E-state index contributed by atoms with van der Waals surface area (Å²) >= 11 is 0. The van der Waals surface area contributed by atoms with Crippen LogP contribution in [0.1, 0.15) is 24.0 Å². The third-order valence-corrected chi connectivity index (χ3v) is 6.59. The van der Waals surface area contributed by atoms with Crippen LogP contribution in [0.3, 0.4) is 0 Å². The third kappa shape index (κ3) is 5.29. The summed E-state index contributed by atoms with van der Waals surface area (Å²) in [7, 11) is -3.55. The van der Waals surface area contributed by atoms with Gasteiger partial charge < -0.3 is 10.4 Å². The molecule has 162 valence electrons. The predicted molar refractivity (Wildman–Crippen MR) is 114 cm³/mol. The fourth-order valence-electron chi connectivity index (χ4n) is 3.76. The van der Waals surface area contributed by atoms with Crippen molar-refractivity contribution < 1.29 is 23.1 Å². The van der Waals surface area contributed by atoms with Crippen molar-refractivity contribution in [3.05, 3.63) is 59.7 Å². The van der Waals surface area contributed by atoms with E-state index in [-0.39, 0.29) is 13.0 Å². The standard InChI is InChI=1S/C22H23N3O5S/c1-31(29,30)25-12-4-7-20(25)21(26)24-19(22(27)28)13-15-8-10-16(11-9-15)18-6-3-2-5-17(18)14-23/h2-3,5-6,8-11,19-20H,4,7,12-13H2,1H3,(H,24,26)(H,27,28)/t19-,20-/m0/s1. The number of aliphatic carboxylic acids is 1. The Hall–Kier alpha value is -3.22. The Morgan fingerprint density at radius 2 is 1.90 bits per heavy atom. The summed E-state index contributed by atoms with van der Waals surface area (Å²) in [5.41, 5.74) is 2.84. The van der Waals surface area contributed by atoms with Crippen LogP contribution in [0, 0.1) is 11.3 Å². The van der Waals surface area contributed by atoms with Gasteiger partial charge in [-0.1, -0.05) is 42.5 Å². The van der Waals surface area contributed by atoms with Crippen LogP contribution >= 0.6 is 0 Å². The largest absolute Gasteiger partial charge is 0.480 e. The minimum atomic E-state index is -3.55. The lowest BCUT2D eigenvalue weighted by atomic mass is 9.97. The molecule has 8 nitrogen and oxygen atoms in total. The Kier molecular flexibility index (Phi) is 6.73. The fraction of sp³-hybridized carbons (Fsp3) is 0.318. The van der Waals surface area contributed by atoms with E-state index in [9.17, 15) is 28.4 Å². The summed E-state index contributed by atoms with van der Waals surface area (Å²) in [5, 5.41) is 21.3. The zero-order valence-electron chi connectivity index (χ0n) is 17.0. The van der Waals surface area contributed by atoms with Crippen LogP contribution in [0.4, 0.5) is 0 Å². The molecule has 1 aliphatic heterocycles. The van der Waals surface area contributed by atoms with E-state index in [1.165, 1.54) is 0 Å². The van der Waals surface area contributed by atoms with Crippen LogP contribution in [-0.4, -0.2) is 54.6 Å². The van der Waals surface area contributed by atoms with E-state index in [1.807, 2.05) is 12.1 Å². The number of carbonyl (C=O) groups is 2. The Bertz CT molecular complexity index is 1120. The summed E-state index contributed by atoms with van der Waals surface area (Å²) in [6.45, 7) is 0.250. The molecule has 2 aromatic rings. The van der Waals surface area contributed by atoms with Gasteiger partial charge in [0.05, 0.1) is 17.9 Å². The molecular formula is C22H23N3O5S. The van der Waals surface area contributed by atoms with Crippen molar-refractivity contribution in [1.29, 1.82) is 5.26 Å². The SMILES string of the molecule is CS(=O)(=O)N1CCC[C@H]1C(=O)N[C@@H](Cc1ccc(-c2ccccc2C#N)cc1)C(=O)O. The van der Waals surface area contributed by atoms with Crippen molar-refractivity contribution in [2.75, 3.05) is 12.8 Å². The summed E-state index contributed by atoms with van der Waals surface area (Å²) in [5.74, 6) is -1.80. The molecule has 0 aromatic heterocycles. The van der Waals surface area contributed by atoms with Crippen LogP contribution < -0.4 is 5.32 Å². The monoisotopic (exact) mass is 441 g/mol. The molecule has 1 fully saturated rings. The van der Waals surface area contributed by atoms with Gasteiger partial charge in [0.1, 0.15) is 12.1 Å². The first-order valence-electron chi connectivity index (χ1n) is 9.79. The third-order valence-electron chi connectivity index (χ3n) is 5.30. The van der Waals surface area contributed by atoms with E-state index >= 15 is 0 Å². The van der Waals surface area contributed by atoms with Crippen molar-refractivity contribution in [1.82, 2.24) is 9.62 Å². The van der Waals surface area contributed by atoms with E-state index < -0.39 is 34.0 Å². The summed E-state index contributed by atoms with van der Waals surface area (Å²) in [6, 6.07) is 14.4. The van der Waals surface area contributed by atoms with Gasteiger partial charge in [-0.25, -0.2) is 13.2 Å². The quantitative estimate of drug-likeness (QED) is 0.674. The number of nitriles is 1. The molecule has 1 aliphatic rings. The number of rotatable bonds is 7. The summed E-state index contributed by atoms with van der Waals surface area (Å²) in [4.78, 5) is 24.3. The molecule has 0 bridgehead atoms. The lowest BCUT2D eigenvalue weighted by molar-refractivity contribution is -0.142. The zero-order valence-corrected chi connectivity index (χ0v) is 17.8. The molecule has 1 saturated heterocycles. The first-order chi connectivity index (χ1) is 14.7.